The molecule has 0 atom stereocenters. The van der Waals surface area contributed by atoms with Crippen molar-refractivity contribution >= 4 is 5.78 Å². The molecule has 0 fully saturated rings. The van der Waals surface area contributed by atoms with Crippen molar-refractivity contribution in [1.29, 1.82) is 0 Å². The monoisotopic (exact) mass is 188 g/mol. The third-order valence-corrected chi connectivity index (χ3v) is 1.53. The molecule has 0 aliphatic rings. The van der Waals surface area contributed by atoms with Gasteiger partial charge in [0.25, 0.3) is 0 Å². The Morgan fingerprint density at radius 1 is 1.36 bits per heavy atom. The summed E-state index contributed by atoms with van der Waals surface area (Å²) < 4.78 is 5.40. The summed E-state index contributed by atoms with van der Waals surface area (Å²) in [6.45, 7) is 5.03. The molecule has 0 radical (unpaired) electrons. The third-order valence-electron chi connectivity index (χ3n) is 1.53. The number of benzene rings is 1. The molecule has 2 heteroatoms. The second-order valence-electron chi connectivity index (χ2n) is 2.78. The van der Waals surface area contributed by atoms with Gasteiger partial charge in [-0.15, -0.1) is 0 Å². The Balaban J connectivity index is 2.76. The van der Waals surface area contributed by atoms with Gasteiger partial charge < -0.3 is 4.74 Å². The van der Waals surface area contributed by atoms with Crippen LogP contribution in [0.4, 0.5) is 0 Å². The molecule has 0 saturated carbocycles. The van der Waals surface area contributed by atoms with Crippen molar-refractivity contribution in [2.45, 2.75) is 6.92 Å². The summed E-state index contributed by atoms with van der Waals surface area (Å²) in [5.74, 6) is 1.10. The second-order valence-corrected chi connectivity index (χ2v) is 2.78. The molecule has 1 aromatic carbocycles. The van der Waals surface area contributed by atoms with Crippen molar-refractivity contribution in [3.63, 3.8) is 0 Å². The Morgan fingerprint density at radius 2 is 2.00 bits per heavy atom. The maximum atomic E-state index is 10.8. The van der Waals surface area contributed by atoms with Crippen LogP contribution < -0.4 is 4.74 Å². The summed E-state index contributed by atoms with van der Waals surface area (Å²) in [5, 5.41) is 0. The number of allylic oxidation sites excluding steroid dienone is 2. The van der Waals surface area contributed by atoms with E-state index in [1.165, 1.54) is 19.1 Å². The standard InChI is InChI=1S/C12H12O2/c1-3-11(9-10(2)13)14-12-7-5-4-6-8-12/h3-9H,1H2,2H3/b11-9+. The Hall–Kier alpha value is -1.83. The highest BCUT2D eigenvalue weighted by molar-refractivity contribution is 5.88. The molecule has 2 nitrogen and oxygen atoms in total. The molecule has 0 aliphatic carbocycles. The van der Waals surface area contributed by atoms with Crippen molar-refractivity contribution in [1.82, 2.24) is 0 Å². The van der Waals surface area contributed by atoms with Crippen LogP contribution in [-0.2, 0) is 4.79 Å². The van der Waals surface area contributed by atoms with Crippen molar-refractivity contribution in [2.75, 3.05) is 0 Å². The van der Waals surface area contributed by atoms with Crippen LogP contribution in [0, 0.1) is 0 Å². The van der Waals surface area contributed by atoms with E-state index in [0.29, 0.717) is 11.5 Å². The minimum absolute atomic E-state index is 0.0594. The first kappa shape index (κ1) is 10.3. The number of ketones is 1. The van der Waals surface area contributed by atoms with Crippen LogP contribution >= 0.6 is 0 Å². The molecule has 0 N–H and O–H groups in total. The maximum Gasteiger partial charge on any atom is 0.156 e. The minimum Gasteiger partial charge on any atom is -0.457 e. The molecular weight excluding hydrogens is 176 g/mol. The van der Waals surface area contributed by atoms with Gasteiger partial charge in [-0.2, -0.15) is 0 Å². The van der Waals surface area contributed by atoms with Gasteiger partial charge in [-0.25, -0.2) is 0 Å². The number of para-hydroxylation sites is 1. The maximum absolute atomic E-state index is 10.8. The molecule has 0 heterocycles. The Bertz CT molecular complexity index is 350. The first-order valence-corrected chi connectivity index (χ1v) is 4.30. The van der Waals surface area contributed by atoms with Crippen LogP contribution in [0.3, 0.4) is 0 Å². The van der Waals surface area contributed by atoms with Crippen LogP contribution in [0.25, 0.3) is 0 Å². The highest BCUT2D eigenvalue weighted by Gasteiger charge is 1.96. The highest BCUT2D eigenvalue weighted by atomic mass is 16.5. The van der Waals surface area contributed by atoms with Gasteiger partial charge in [0, 0.05) is 6.08 Å². The van der Waals surface area contributed by atoms with Crippen LogP contribution in [-0.4, -0.2) is 5.78 Å². The number of rotatable bonds is 4. The molecule has 14 heavy (non-hydrogen) atoms. The topological polar surface area (TPSA) is 26.3 Å². The number of ether oxygens (including phenoxy) is 1. The average molecular weight is 188 g/mol. The summed E-state index contributed by atoms with van der Waals surface area (Å²) >= 11 is 0. The minimum atomic E-state index is -0.0594. The largest absolute Gasteiger partial charge is 0.457 e. The summed E-state index contributed by atoms with van der Waals surface area (Å²) in [6.07, 6.45) is 2.91. The zero-order valence-corrected chi connectivity index (χ0v) is 8.07. The number of carbonyl (C=O) groups excluding carboxylic acids is 1. The molecule has 0 bridgehead atoms. The first-order valence-electron chi connectivity index (χ1n) is 4.30. The Kier molecular flexibility index (Phi) is 3.68. The third kappa shape index (κ3) is 3.27. The van der Waals surface area contributed by atoms with E-state index in [0.717, 1.165) is 0 Å². The number of hydrogen-bond acceptors (Lipinski definition) is 2. The van der Waals surface area contributed by atoms with Crippen molar-refractivity contribution in [3.05, 3.63) is 54.8 Å². The zero-order chi connectivity index (χ0) is 10.4. The van der Waals surface area contributed by atoms with Gasteiger partial charge in [0.15, 0.2) is 5.78 Å². The molecule has 0 saturated heterocycles. The van der Waals surface area contributed by atoms with Gasteiger partial charge >= 0.3 is 0 Å². The summed E-state index contributed by atoms with van der Waals surface area (Å²) in [5.41, 5.74) is 0. The van der Waals surface area contributed by atoms with E-state index in [1.54, 1.807) is 0 Å². The van der Waals surface area contributed by atoms with E-state index >= 15 is 0 Å². The van der Waals surface area contributed by atoms with E-state index in [2.05, 4.69) is 6.58 Å². The van der Waals surface area contributed by atoms with Crippen molar-refractivity contribution in [3.8, 4) is 5.75 Å². The predicted molar refractivity (Wildman–Crippen MR) is 56.0 cm³/mol. The van der Waals surface area contributed by atoms with Gasteiger partial charge in [-0.3, -0.25) is 4.79 Å². The smallest absolute Gasteiger partial charge is 0.156 e. The Morgan fingerprint density at radius 3 is 2.50 bits per heavy atom. The van der Waals surface area contributed by atoms with Gasteiger partial charge in [-0.1, -0.05) is 24.8 Å². The molecule has 1 aromatic rings. The molecule has 0 aliphatic heterocycles. The molecular formula is C12H12O2. The quantitative estimate of drug-likeness (QED) is 0.412. The molecule has 0 spiro atoms. The number of hydrogen-bond donors (Lipinski definition) is 0. The van der Waals surface area contributed by atoms with Crippen molar-refractivity contribution in [2.24, 2.45) is 0 Å². The predicted octanol–water partition coefficient (Wildman–Crippen LogP) is 2.72. The van der Waals surface area contributed by atoms with Crippen molar-refractivity contribution < 1.29 is 9.53 Å². The second kappa shape index (κ2) is 5.02. The van der Waals surface area contributed by atoms with E-state index in [1.807, 2.05) is 30.3 Å². The van der Waals surface area contributed by atoms with Gasteiger partial charge in [0.2, 0.25) is 0 Å². The molecule has 72 valence electrons. The fraction of sp³-hybridized carbons (Fsp3) is 0.0833. The lowest BCUT2D eigenvalue weighted by atomic mass is 10.3. The highest BCUT2D eigenvalue weighted by Crippen LogP contribution is 2.12. The van der Waals surface area contributed by atoms with E-state index in [-0.39, 0.29) is 5.78 Å². The average Bonchev–Trinajstić information content (AvgIpc) is 2.17. The number of carbonyl (C=O) groups is 1. The molecule has 0 amide bonds. The van der Waals surface area contributed by atoms with E-state index in [4.69, 9.17) is 4.74 Å². The summed E-state index contributed by atoms with van der Waals surface area (Å²) in [7, 11) is 0. The van der Waals surface area contributed by atoms with Crippen LogP contribution in [0.1, 0.15) is 6.92 Å². The first-order chi connectivity index (χ1) is 6.72. The lowest BCUT2D eigenvalue weighted by Crippen LogP contribution is -1.95. The lowest BCUT2D eigenvalue weighted by Gasteiger charge is -2.04. The SMILES string of the molecule is C=C/C(=C\C(C)=O)Oc1ccccc1. The van der Waals surface area contributed by atoms with E-state index in [9.17, 15) is 4.79 Å². The summed E-state index contributed by atoms with van der Waals surface area (Å²) in [6, 6.07) is 9.26. The normalized spacial score (nSPS) is 10.8. The molecule has 0 unspecified atom stereocenters. The Labute approximate surface area is 83.5 Å². The lowest BCUT2D eigenvalue weighted by molar-refractivity contribution is -0.112. The van der Waals surface area contributed by atoms with Crippen LogP contribution in [0.2, 0.25) is 0 Å². The fourth-order valence-corrected chi connectivity index (χ4v) is 0.955. The van der Waals surface area contributed by atoms with Crippen LogP contribution in [0.5, 0.6) is 5.75 Å². The van der Waals surface area contributed by atoms with Gasteiger partial charge in [0.05, 0.1) is 0 Å². The molecule has 1 rings (SSSR count). The van der Waals surface area contributed by atoms with Crippen LogP contribution in [0.15, 0.2) is 54.8 Å². The molecule has 0 aromatic heterocycles. The zero-order valence-electron chi connectivity index (χ0n) is 8.07. The fourth-order valence-electron chi connectivity index (χ4n) is 0.955. The van der Waals surface area contributed by atoms with E-state index < -0.39 is 0 Å². The van der Waals surface area contributed by atoms with Gasteiger partial charge in [0.1, 0.15) is 11.5 Å². The van der Waals surface area contributed by atoms with Gasteiger partial charge in [-0.05, 0) is 25.1 Å². The summed E-state index contributed by atoms with van der Waals surface area (Å²) in [4.78, 5) is 10.8.